The molecule has 2 aliphatic heterocycles. The van der Waals surface area contributed by atoms with Crippen LogP contribution in [0.25, 0.3) is 0 Å². The van der Waals surface area contributed by atoms with Gasteiger partial charge in [-0.1, -0.05) is 54.6 Å². The maximum atomic E-state index is 12.9. The molecule has 0 spiro atoms. The molecule has 5 nitrogen and oxygen atoms in total. The maximum Gasteiger partial charge on any atom is 0.410 e. The van der Waals surface area contributed by atoms with Crippen LogP contribution in [0.15, 0.2) is 54.6 Å². The van der Waals surface area contributed by atoms with E-state index in [4.69, 9.17) is 4.74 Å². The first-order valence-electron chi connectivity index (χ1n) is 11.0. The zero-order chi connectivity index (χ0) is 20.9. The van der Waals surface area contributed by atoms with Gasteiger partial charge >= 0.3 is 6.09 Å². The predicted molar refractivity (Wildman–Crippen MR) is 116 cm³/mol. The first-order valence-corrected chi connectivity index (χ1v) is 11.0. The van der Waals surface area contributed by atoms with Crippen LogP contribution >= 0.6 is 0 Å². The Morgan fingerprint density at radius 2 is 1.33 bits per heavy atom. The van der Waals surface area contributed by atoms with Crippen LogP contribution in [-0.4, -0.2) is 48.0 Å². The average molecular weight is 407 g/mol. The summed E-state index contributed by atoms with van der Waals surface area (Å²) in [5.74, 6) is -0.0382. The summed E-state index contributed by atoms with van der Waals surface area (Å²) >= 11 is 0. The zero-order valence-electron chi connectivity index (χ0n) is 17.6. The van der Waals surface area contributed by atoms with Gasteiger partial charge in [-0.25, -0.2) is 4.79 Å². The smallest absolute Gasteiger partial charge is 0.410 e. The number of hydrogen-bond donors (Lipinski definition) is 0. The fourth-order valence-electron chi connectivity index (χ4n) is 4.38. The Bertz CT molecular complexity index is 871. The lowest BCUT2D eigenvalue weighted by molar-refractivity contribution is -0.131. The molecule has 0 aliphatic carbocycles. The number of rotatable bonds is 5. The number of nitrogens with zero attached hydrogens (tertiary/aromatic N) is 2. The quantitative estimate of drug-likeness (QED) is 0.721. The highest BCUT2D eigenvalue weighted by molar-refractivity contribution is 5.83. The molecule has 2 saturated heterocycles. The van der Waals surface area contributed by atoms with Crippen molar-refractivity contribution in [2.45, 2.75) is 44.6 Å². The number of amides is 2. The van der Waals surface area contributed by atoms with Gasteiger partial charge in [0.25, 0.3) is 0 Å². The molecule has 2 fully saturated rings. The van der Waals surface area contributed by atoms with Gasteiger partial charge in [-0.2, -0.15) is 0 Å². The first-order chi connectivity index (χ1) is 14.6. The third-order valence-electron chi connectivity index (χ3n) is 6.19. The molecule has 2 atom stereocenters. The molecular weight excluding hydrogens is 376 g/mol. The Morgan fingerprint density at radius 1 is 0.767 bits per heavy atom. The normalized spacial score (nSPS) is 18.3. The van der Waals surface area contributed by atoms with Crippen LogP contribution in [0.4, 0.5) is 4.79 Å². The number of ether oxygens (including phenoxy) is 1. The Kier molecular flexibility index (Phi) is 6.36. The summed E-state index contributed by atoms with van der Waals surface area (Å²) in [6.45, 7) is 5.17. The minimum Gasteiger partial charge on any atom is -0.436 e. The van der Waals surface area contributed by atoms with Crippen molar-refractivity contribution in [1.29, 1.82) is 0 Å². The van der Waals surface area contributed by atoms with Crippen LogP contribution in [-0.2, 0) is 9.53 Å². The van der Waals surface area contributed by atoms with Gasteiger partial charge in [0.05, 0.1) is 5.92 Å². The standard InChI is InChI=1S/C25H30N2O3/c1-19(24(28)26-14-5-6-15-26)21-12-9-13-22(18-21)23(20-10-3-2-4-11-20)30-25(29)27-16-7-8-17-27/h2-4,9-13,18-19,23H,5-8,14-17H2,1H3. The molecule has 4 rings (SSSR count). The third-order valence-corrected chi connectivity index (χ3v) is 6.19. The van der Waals surface area contributed by atoms with Crippen molar-refractivity contribution < 1.29 is 14.3 Å². The van der Waals surface area contributed by atoms with E-state index in [1.54, 1.807) is 4.90 Å². The van der Waals surface area contributed by atoms with Crippen LogP contribution in [0.5, 0.6) is 0 Å². The van der Waals surface area contributed by atoms with Gasteiger partial charge in [-0.05, 0) is 49.3 Å². The van der Waals surface area contributed by atoms with E-state index in [0.717, 1.165) is 68.6 Å². The predicted octanol–water partition coefficient (Wildman–Crippen LogP) is 4.73. The molecule has 2 aliphatic rings. The van der Waals surface area contributed by atoms with Crippen molar-refractivity contribution in [3.8, 4) is 0 Å². The summed E-state index contributed by atoms with van der Waals surface area (Å²) in [5.41, 5.74) is 2.79. The molecule has 2 heterocycles. The van der Waals surface area contributed by atoms with Gasteiger partial charge in [-0.15, -0.1) is 0 Å². The number of benzene rings is 2. The molecule has 158 valence electrons. The molecule has 0 bridgehead atoms. The summed E-state index contributed by atoms with van der Waals surface area (Å²) in [4.78, 5) is 29.4. The summed E-state index contributed by atoms with van der Waals surface area (Å²) in [6, 6.07) is 17.8. The Balaban J connectivity index is 1.59. The lowest BCUT2D eigenvalue weighted by Gasteiger charge is -2.24. The van der Waals surface area contributed by atoms with Crippen molar-refractivity contribution in [3.05, 3.63) is 71.3 Å². The van der Waals surface area contributed by atoms with E-state index in [-0.39, 0.29) is 17.9 Å². The Morgan fingerprint density at radius 3 is 2.00 bits per heavy atom. The number of hydrogen-bond acceptors (Lipinski definition) is 3. The van der Waals surface area contributed by atoms with Crippen LogP contribution in [0.2, 0.25) is 0 Å². The molecule has 2 unspecified atom stereocenters. The van der Waals surface area contributed by atoms with Gasteiger partial charge in [0.1, 0.15) is 0 Å². The maximum absolute atomic E-state index is 12.9. The van der Waals surface area contributed by atoms with Crippen LogP contribution < -0.4 is 0 Å². The minimum atomic E-state index is -0.492. The first kappa shape index (κ1) is 20.5. The fraction of sp³-hybridized carbons (Fsp3) is 0.440. The summed E-state index contributed by atoms with van der Waals surface area (Å²) in [5, 5.41) is 0. The van der Waals surface area contributed by atoms with Gasteiger partial charge in [0.15, 0.2) is 6.10 Å². The second kappa shape index (κ2) is 9.33. The van der Waals surface area contributed by atoms with Gasteiger partial charge in [-0.3, -0.25) is 4.79 Å². The van der Waals surface area contributed by atoms with E-state index in [2.05, 4.69) is 0 Å². The van der Waals surface area contributed by atoms with E-state index in [1.165, 1.54) is 0 Å². The molecule has 0 N–H and O–H groups in total. The van der Waals surface area contributed by atoms with Crippen molar-refractivity contribution in [1.82, 2.24) is 9.80 Å². The number of carbonyl (C=O) groups excluding carboxylic acids is 2. The van der Waals surface area contributed by atoms with Crippen molar-refractivity contribution in [2.24, 2.45) is 0 Å². The SMILES string of the molecule is CC(C(=O)N1CCCC1)c1cccc(C(OC(=O)N2CCCC2)c2ccccc2)c1. The third kappa shape index (κ3) is 4.50. The summed E-state index contributed by atoms with van der Waals surface area (Å²) in [7, 11) is 0. The molecule has 2 aromatic rings. The summed E-state index contributed by atoms with van der Waals surface area (Å²) < 4.78 is 5.99. The number of likely N-dealkylation sites (tertiary alicyclic amines) is 2. The van der Waals surface area contributed by atoms with Crippen molar-refractivity contribution >= 4 is 12.0 Å². The lowest BCUT2D eigenvalue weighted by atomic mass is 9.94. The highest BCUT2D eigenvalue weighted by atomic mass is 16.6. The topological polar surface area (TPSA) is 49.9 Å². The molecule has 5 heteroatoms. The molecule has 0 saturated carbocycles. The highest BCUT2D eigenvalue weighted by Gasteiger charge is 2.27. The minimum absolute atomic E-state index is 0.176. The van der Waals surface area contributed by atoms with E-state index >= 15 is 0 Å². The van der Waals surface area contributed by atoms with Crippen LogP contribution in [0, 0.1) is 0 Å². The van der Waals surface area contributed by atoms with Gasteiger partial charge in [0, 0.05) is 26.2 Å². The number of carbonyl (C=O) groups is 2. The Hall–Kier alpha value is -2.82. The van der Waals surface area contributed by atoms with E-state index in [9.17, 15) is 9.59 Å². The molecule has 2 amide bonds. The largest absolute Gasteiger partial charge is 0.436 e. The molecular formula is C25H30N2O3. The van der Waals surface area contributed by atoms with Gasteiger partial charge < -0.3 is 14.5 Å². The van der Waals surface area contributed by atoms with Crippen LogP contribution in [0.3, 0.4) is 0 Å². The zero-order valence-corrected chi connectivity index (χ0v) is 17.6. The molecule has 0 radical (unpaired) electrons. The average Bonchev–Trinajstić information content (AvgIpc) is 3.51. The van der Waals surface area contributed by atoms with E-state index in [0.29, 0.717) is 0 Å². The fourth-order valence-corrected chi connectivity index (χ4v) is 4.38. The second-order valence-corrected chi connectivity index (χ2v) is 8.29. The second-order valence-electron chi connectivity index (χ2n) is 8.29. The summed E-state index contributed by atoms with van der Waals surface area (Å²) in [6.07, 6.45) is 3.46. The van der Waals surface area contributed by atoms with E-state index < -0.39 is 6.10 Å². The van der Waals surface area contributed by atoms with Crippen molar-refractivity contribution in [3.63, 3.8) is 0 Å². The van der Waals surface area contributed by atoms with Crippen molar-refractivity contribution in [2.75, 3.05) is 26.2 Å². The van der Waals surface area contributed by atoms with Crippen LogP contribution in [0.1, 0.15) is 61.3 Å². The van der Waals surface area contributed by atoms with Gasteiger partial charge in [0.2, 0.25) is 5.91 Å². The highest BCUT2D eigenvalue weighted by Crippen LogP contribution is 2.30. The molecule has 30 heavy (non-hydrogen) atoms. The molecule has 0 aromatic heterocycles. The molecule has 2 aromatic carbocycles. The monoisotopic (exact) mass is 406 g/mol. The van der Waals surface area contributed by atoms with E-state index in [1.807, 2.05) is 66.4 Å². The lowest BCUT2D eigenvalue weighted by Crippen LogP contribution is -2.31. The Labute approximate surface area is 178 Å².